The molecule has 0 saturated heterocycles. The van der Waals surface area contributed by atoms with Crippen molar-refractivity contribution < 1.29 is 4.39 Å². The highest BCUT2D eigenvalue weighted by atomic mass is 19.1. The van der Waals surface area contributed by atoms with Crippen molar-refractivity contribution in [2.75, 3.05) is 0 Å². The molecule has 2 heteroatoms. The third-order valence-electron chi connectivity index (χ3n) is 4.77. The van der Waals surface area contributed by atoms with E-state index in [1.54, 1.807) is 12.1 Å². The van der Waals surface area contributed by atoms with Crippen LogP contribution in [-0.2, 0) is 6.42 Å². The standard InChI is InChI=1S/C23H28FN/c1-16(2)25-20-9-7-6-8-19(20)22(17-10-12-18(24)13-11-17)21(25)14-15-23(3,4)5/h6-13,16H,14-15H2,1-5H3. The Morgan fingerprint density at radius 1 is 0.960 bits per heavy atom. The Kier molecular flexibility index (Phi) is 4.73. The largest absolute Gasteiger partial charge is 0.341 e. The quantitative estimate of drug-likeness (QED) is 0.482. The van der Waals surface area contributed by atoms with Crippen molar-refractivity contribution in [1.82, 2.24) is 4.57 Å². The number of fused-ring (bicyclic) bond motifs is 1. The van der Waals surface area contributed by atoms with E-state index in [1.165, 1.54) is 22.2 Å². The molecule has 0 unspecified atom stereocenters. The molecule has 1 aromatic heterocycles. The lowest BCUT2D eigenvalue weighted by atomic mass is 9.88. The summed E-state index contributed by atoms with van der Waals surface area (Å²) in [4.78, 5) is 0. The highest BCUT2D eigenvalue weighted by Crippen LogP contribution is 2.38. The van der Waals surface area contributed by atoms with Crippen molar-refractivity contribution in [3.8, 4) is 11.1 Å². The van der Waals surface area contributed by atoms with E-state index in [9.17, 15) is 4.39 Å². The molecule has 0 aliphatic rings. The van der Waals surface area contributed by atoms with Crippen LogP contribution in [0.2, 0.25) is 0 Å². The van der Waals surface area contributed by atoms with Crippen molar-refractivity contribution in [3.05, 3.63) is 60.0 Å². The van der Waals surface area contributed by atoms with E-state index in [2.05, 4.69) is 63.5 Å². The summed E-state index contributed by atoms with van der Waals surface area (Å²) in [5.41, 5.74) is 5.26. The van der Waals surface area contributed by atoms with E-state index in [-0.39, 0.29) is 11.2 Å². The Balaban J connectivity index is 2.26. The molecule has 0 radical (unpaired) electrons. The van der Waals surface area contributed by atoms with E-state index < -0.39 is 0 Å². The first-order valence-electron chi connectivity index (χ1n) is 9.15. The number of hydrogen-bond donors (Lipinski definition) is 0. The van der Waals surface area contributed by atoms with E-state index in [0.717, 1.165) is 18.4 Å². The van der Waals surface area contributed by atoms with Crippen molar-refractivity contribution in [2.45, 2.75) is 53.5 Å². The second kappa shape index (κ2) is 6.67. The smallest absolute Gasteiger partial charge is 0.123 e. The normalized spacial score (nSPS) is 12.3. The Labute approximate surface area is 150 Å². The molecule has 0 atom stereocenters. The van der Waals surface area contributed by atoms with Crippen LogP contribution in [-0.4, -0.2) is 4.57 Å². The van der Waals surface area contributed by atoms with E-state index in [1.807, 2.05) is 12.1 Å². The first-order valence-corrected chi connectivity index (χ1v) is 9.15. The van der Waals surface area contributed by atoms with Crippen molar-refractivity contribution >= 4 is 10.9 Å². The second-order valence-electron chi connectivity index (χ2n) is 8.37. The number of nitrogens with zero attached hydrogens (tertiary/aromatic N) is 1. The molecule has 0 aliphatic carbocycles. The molecule has 0 aliphatic heterocycles. The summed E-state index contributed by atoms with van der Waals surface area (Å²) in [6, 6.07) is 15.9. The molecule has 132 valence electrons. The highest BCUT2D eigenvalue weighted by molar-refractivity contribution is 5.98. The van der Waals surface area contributed by atoms with Crippen LogP contribution < -0.4 is 0 Å². The van der Waals surface area contributed by atoms with Crippen LogP contribution in [0, 0.1) is 11.2 Å². The summed E-state index contributed by atoms with van der Waals surface area (Å²) in [6.45, 7) is 11.3. The minimum Gasteiger partial charge on any atom is -0.341 e. The third-order valence-corrected chi connectivity index (χ3v) is 4.77. The first-order chi connectivity index (χ1) is 11.8. The number of rotatable bonds is 4. The highest BCUT2D eigenvalue weighted by Gasteiger charge is 2.21. The number of hydrogen-bond acceptors (Lipinski definition) is 0. The van der Waals surface area contributed by atoms with Crippen LogP contribution in [0.1, 0.15) is 52.8 Å². The summed E-state index contributed by atoms with van der Waals surface area (Å²) in [5.74, 6) is -0.187. The fraction of sp³-hybridized carbons (Fsp3) is 0.391. The molecule has 3 rings (SSSR count). The zero-order chi connectivity index (χ0) is 18.2. The van der Waals surface area contributed by atoms with Gasteiger partial charge in [0, 0.05) is 28.2 Å². The monoisotopic (exact) mass is 337 g/mol. The second-order valence-corrected chi connectivity index (χ2v) is 8.37. The lowest BCUT2D eigenvalue weighted by molar-refractivity contribution is 0.372. The first kappa shape index (κ1) is 17.7. The van der Waals surface area contributed by atoms with Gasteiger partial charge in [0.1, 0.15) is 5.82 Å². The molecule has 0 bridgehead atoms. The lowest BCUT2D eigenvalue weighted by Crippen LogP contribution is -2.11. The van der Waals surface area contributed by atoms with E-state index in [0.29, 0.717) is 6.04 Å². The van der Waals surface area contributed by atoms with Crippen molar-refractivity contribution in [2.24, 2.45) is 5.41 Å². The van der Waals surface area contributed by atoms with Gasteiger partial charge in [-0.3, -0.25) is 0 Å². The van der Waals surface area contributed by atoms with Gasteiger partial charge in [-0.2, -0.15) is 0 Å². The fourth-order valence-corrected chi connectivity index (χ4v) is 3.58. The van der Waals surface area contributed by atoms with Crippen LogP contribution in [0.5, 0.6) is 0 Å². The van der Waals surface area contributed by atoms with Gasteiger partial charge in [0.2, 0.25) is 0 Å². The van der Waals surface area contributed by atoms with Gasteiger partial charge in [-0.05, 0) is 55.9 Å². The topological polar surface area (TPSA) is 4.93 Å². The lowest BCUT2D eigenvalue weighted by Gasteiger charge is -2.21. The van der Waals surface area contributed by atoms with Gasteiger partial charge in [-0.25, -0.2) is 4.39 Å². The molecule has 0 N–H and O–H groups in total. The average molecular weight is 337 g/mol. The number of para-hydroxylation sites is 1. The van der Waals surface area contributed by atoms with Crippen LogP contribution in [0.25, 0.3) is 22.0 Å². The summed E-state index contributed by atoms with van der Waals surface area (Å²) in [6.07, 6.45) is 2.13. The minimum atomic E-state index is -0.187. The van der Waals surface area contributed by atoms with Gasteiger partial charge in [0.25, 0.3) is 0 Å². The molecule has 2 aromatic carbocycles. The predicted molar refractivity (Wildman–Crippen MR) is 105 cm³/mol. The molecule has 1 nitrogen and oxygen atoms in total. The molecule has 0 amide bonds. The van der Waals surface area contributed by atoms with Gasteiger partial charge in [0.05, 0.1) is 0 Å². The van der Waals surface area contributed by atoms with Crippen LogP contribution in [0.4, 0.5) is 4.39 Å². The summed E-state index contributed by atoms with van der Waals surface area (Å²) in [7, 11) is 0. The molecular weight excluding hydrogens is 309 g/mol. The zero-order valence-electron chi connectivity index (χ0n) is 15.9. The van der Waals surface area contributed by atoms with Gasteiger partial charge >= 0.3 is 0 Å². The number of halogens is 1. The molecular formula is C23H28FN. The van der Waals surface area contributed by atoms with Gasteiger partial charge in [0.15, 0.2) is 0 Å². The summed E-state index contributed by atoms with van der Waals surface area (Å²) >= 11 is 0. The Hall–Kier alpha value is -2.09. The number of aromatic nitrogens is 1. The molecule has 25 heavy (non-hydrogen) atoms. The van der Waals surface area contributed by atoms with Gasteiger partial charge in [-0.1, -0.05) is 51.1 Å². The Bertz CT molecular complexity index is 863. The van der Waals surface area contributed by atoms with Crippen LogP contribution in [0.15, 0.2) is 48.5 Å². The molecule has 0 fully saturated rings. The van der Waals surface area contributed by atoms with Crippen molar-refractivity contribution in [1.29, 1.82) is 0 Å². The number of benzene rings is 2. The Morgan fingerprint density at radius 3 is 2.20 bits per heavy atom. The zero-order valence-corrected chi connectivity index (χ0v) is 15.9. The molecule has 1 heterocycles. The summed E-state index contributed by atoms with van der Waals surface area (Å²) < 4.78 is 15.9. The molecule has 0 saturated carbocycles. The van der Waals surface area contributed by atoms with Gasteiger partial charge < -0.3 is 4.57 Å². The van der Waals surface area contributed by atoms with Crippen LogP contribution in [0.3, 0.4) is 0 Å². The van der Waals surface area contributed by atoms with Crippen molar-refractivity contribution in [3.63, 3.8) is 0 Å². The third kappa shape index (κ3) is 3.63. The molecule has 3 aromatic rings. The fourth-order valence-electron chi connectivity index (χ4n) is 3.58. The SMILES string of the molecule is CC(C)n1c(CCC(C)(C)C)c(-c2ccc(F)cc2)c2ccccc21. The maximum Gasteiger partial charge on any atom is 0.123 e. The average Bonchev–Trinajstić information content (AvgIpc) is 2.87. The van der Waals surface area contributed by atoms with Gasteiger partial charge in [-0.15, -0.1) is 0 Å². The maximum absolute atomic E-state index is 13.4. The summed E-state index contributed by atoms with van der Waals surface area (Å²) in [5, 5.41) is 1.26. The Morgan fingerprint density at radius 2 is 1.60 bits per heavy atom. The maximum atomic E-state index is 13.4. The van der Waals surface area contributed by atoms with E-state index in [4.69, 9.17) is 0 Å². The minimum absolute atomic E-state index is 0.187. The van der Waals surface area contributed by atoms with E-state index >= 15 is 0 Å². The predicted octanol–water partition coefficient (Wildman–Crippen LogP) is 7.01. The van der Waals surface area contributed by atoms with Crippen LogP contribution >= 0.6 is 0 Å². The molecule has 0 spiro atoms.